The van der Waals surface area contributed by atoms with Crippen molar-refractivity contribution in [3.05, 3.63) is 24.7 Å². The lowest BCUT2D eigenvalue weighted by Crippen LogP contribution is -1.97. The summed E-state index contributed by atoms with van der Waals surface area (Å²) in [7, 11) is 0. The highest BCUT2D eigenvalue weighted by Gasteiger charge is 1.97. The summed E-state index contributed by atoms with van der Waals surface area (Å²) < 4.78 is 4.40. The van der Waals surface area contributed by atoms with Crippen molar-refractivity contribution in [2.45, 2.75) is 26.2 Å². The van der Waals surface area contributed by atoms with E-state index in [1.165, 1.54) is 12.2 Å². The summed E-state index contributed by atoms with van der Waals surface area (Å²) in [5.41, 5.74) is 0. The smallest absolute Gasteiger partial charge is 0.314 e. The largest absolute Gasteiger partial charge is 0.512 e. The number of carbonyl (C=O) groups excluding carboxylic acids is 2. The van der Waals surface area contributed by atoms with Crippen LogP contribution in [0, 0.1) is 0 Å². The summed E-state index contributed by atoms with van der Waals surface area (Å²) in [4.78, 5) is 21.7. The van der Waals surface area contributed by atoms with Gasteiger partial charge in [0.15, 0.2) is 5.78 Å². The van der Waals surface area contributed by atoms with Gasteiger partial charge in [-0.15, -0.1) is 0 Å². The third-order valence-corrected chi connectivity index (χ3v) is 1.35. The molecule has 0 saturated carbocycles. The molecule has 0 bridgehead atoms. The van der Waals surface area contributed by atoms with Gasteiger partial charge in [0.25, 0.3) is 0 Å². The Morgan fingerprint density at radius 2 is 2.14 bits per heavy atom. The summed E-state index contributed by atoms with van der Waals surface area (Å²) in [6.07, 6.45) is 5.63. The van der Waals surface area contributed by atoms with Crippen molar-refractivity contribution in [3.8, 4) is 0 Å². The number of hydrogen-bond acceptors (Lipinski definition) is 4. The Morgan fingerprint density at radius 1 is 1.43 bits per heavy atom. The van der Waals surface area contributed by atoms with Gasteiger partial charge in [-0.3, -0.25) is 9.59 Å². The van der Waals surface area contributed by atoms with Crippen LogP contribution in [-0.4, -0.2) is 16.9 Å². The van der Waals surface area contributed by atoms with Gasteiger partial charge in [-0.25, -0.2) is 0 Å². The Hall–Kier alpha value is -1.58. The monoisotopic (exact) mass is 198 g/mol. The first kappa shape index (κ1) is 12.4. The zero-order chi connectivity index (χ0) is 10.8. The minimum Gasteiger partial charge on any atom is -0.512 e. The lowest BCUT2D eigenvalue weighted by atomic mass is 10.2. The van der Waals surface area contributed by atoms with Crippen molar-refractivity contribution in [1.82, 2.24) is 0 Å². The van der Waals surface area contributed by atoms with Gasteiger partial charge in [-0.1, -0.05) is 13.0 Å². The molecule has 1 N–H and O–H groups in total. The summed E-state index contributed by atoms with van der Waals surface area (Å²) in [6, 6.07) is 0. The van der Waals surface area contributed by atoms with Crippen LogP contribution in [0.4, 0.5) is 0 Å². The highest BCUT2D eigenvalue weighted by molar-refractivity contribution is 5.90. The molecule has 0 aliphatic rings. The second-order valence-corrected chi connectivity index (χ2v) is 2.60. The van der Waals surface area contributed by atoms with Crippen LogP contribution in [0.1, 0.15) is 26.2 Å². The quantitative estimate of drug-likeness (QED) is 0.402. The van der Waals surface area contributed by atoms with E-state index in [-0.39, 0.29) is 12.2 Å². The Bertz CT molecular complexity index is 241. The number of esters is 1. The Kier molecular flexibility index (Phi) is 7.13. The van der Waals surface area contributed by atoms with Gasteiger partial charge in [0, 0.05) is 6.42 Å². The second-order valence-electron chi connectivity index (χ2n) is 2.60. The zero-order valence-electron chi connectivity index (χ0n) is 8.10. The fourth-order valence-corrected chi connectivity index (χ4v) is 0.771. The molecule has 0 heterocycles. The molecule has 0 radical (unpaired) electrons. The first-order valence-electron chi connectivity index (χ1n) is 4.38. The molecule has 78 valence electrons. The Morgan fingerprint density at radius 3 is 2.71 bits per heavy atom. The summed E-state index contributed by atoms with van der Waals surface area (Å²) in [6.45, 7) is 1.91. The maximum absolute atomic E-state index is 10.9. The third-order valence-electron chi connectivity index (χ3n) is 1.35. The number of ketones is 1. The number of aliphatic hydroxyl groups is 1. The van der Waals surface area contributed by atoms with Gasteiger partial charge in [-0.05, 0) is 12.5 Å². The average Bonchev–Trinajstić information content (AvgIpc) is 2.15. The van der Waals surface area contributed by atoms with Crippen molar-refractivity contribution in [3.63, 3.8) is 0 Å². The standard InChI is InChI=1S/C10H14O4/c1-2-4-9(12)5-3-6-10(13)14-8-7-11/h3,5,7-8,11H,2,4,6H2,1H3. The topological polar surface area (TPSA) is 63.6 Å². The molecule has 0 amide bonds. The highest BCUT2D eigenvalue weighted by Crippen LogP contribution is 1.94. The van der Waals surface area contributed by atoms with E-state index in [1.54, 1.807) is 0 Å². The second kappa shape index (κ2) is 8.04. The predicted octanol–water partition coefficient (Wildman–Crippen LogP) is 1.87. The number of carbonyl (C=O) groups is 2. The molecule has 0 aromatic carbocycles. The highest BCUT2D eigenvalue weighted by atomic mass is 16.5. The number of ether oxygens (including phenoxy) is 1. The summed E-state index contributed by atoms with van der Waals surface area (Å²) in [5, 5.41) is 8.17. The fourth-order valence-electron chi connectivity index (χ4n) is 0.771. The Labute approximate surface area is 82.9 Å². The van der Waals surface area contributed by atoms with Gasteiger partial charge >= 0.3 is 5.97 Å². The lowest BCUT2D eigenvalue weighted by molar-refractivity contribution is -0.137. The van der Waals surface area contributed by atoms with Gasteiger partial charge in [0.1, 0.15) is 12.5 Å². The molecule has 0 aliphatic carbocycles. The van der Waals surface area contributed by atoms with Crippen molar-refractivity contribution in [1.29, 1.82) is 0 Å². The molecule has 0 aromatic heterocycles. The van der Waals surface area contributed by atoms with Crippen molar-refractivity contribution in [2.75, 3.05) is 0 Å². The van der Waals surface area contributed by atoms with Crippen LogP contribution in [0.3, 0.4) is 0 Å². The molecular weight excluding hydrogens is 184 g/mol. The van der Waals surface area contributed by atoms with Crippen LogP contribution in [0.2, 0.25) is 0 Å². The number of hydrogen-bond donors (Lipinski definition) is 1. The number of rotatable bonds is 6. The van der Waals surface area contributed by atoms with E-state index in [0.29, 0.717) is 12.7 Å². The van der Waals surface area contributed by atoms with Gasteiger partial charge in [-0.2, -0.15) is 0 Å². The molecular formula is C10H14O4. The molecule has 0 aromatic rings. The fraction of sp³-hybridized carbons (Fsp3) is 0.400. The average molecular weight is 198 g/mol. The van der Waals surface area contributed by atoms with E-state index in [0.717, 1.165) is 12.7 Å². The molecule has 0 fully saturated rings. The molecule has 4 heteroatoms. The van der Waals surface area contributed by atoms with Crippen molar-refractivity contribution in [2.24, 2.45) is 0 Å². The van der Waals surface area contributed by atoms with E-state index in [1.807, 2.05) is 6.92 Å². The molecule has 0 aliphatic heterocycles. The summed E-state index contributed by atoms with van der Waals surface area (Å²) in [5.74, 6) is -0.520. The van der Waals surface area contributed by atoms with Crippen LogP contribution >= 0.6 is 0 Å². The number of aliphatic hydroxyl groups excluding tert-OH is 1. The van der Waals surface area contributed by atoms with Gasteiger partial charge < -0.3 is 9.84 Å². The van der Waals surface area contributed by atoms with Gasteiger partial charge in [0.2, 0.25) is 0 Å². The molecule has 0 atom stereocenters. The number of allylic oxidation sites excluding steroid dienone is 1. The van der Waals surface area contributed by atoms with Gasteiger partial charge in [0.05, 0.1) is 6.42 Å². The van der Waals surface area contributed by atoms with E-state index >= 15 is 0 Å². The molecule has 0 saturated heterocycles. The molecule has 14 heavy (non-hydrogen) atoms. The SMILES string of the molecule is CCCC(=O)C=CCC(=O)OC=CO. The minimum atomic E-state index is -0.518. The van der Waals surface area contributed by atoms with E-state index in [9.17, 15) is 9.59 Å². The van der Waals surface area contributed by atoms with Crippen LogP contribution in [-0.2, 0) is 14.3 Å². The van der Waals surface area contributed by atoms with Crippen LogP contribution in [0.5, 0.6) is 0 Å². The van der Waals surface area contributed by atoms with Crippen LogP contribution in [0.25, 0.3) is 0 Å². The normalized spacial score (nSPS) is 10.9. The van der Waals surface area contributed by atoms with Crippen LogP contribution in [0.15, 0.2) is 24.7 Å². The first-order chi connectivity index (χ1) is 6.70. The molecule has 4 nitrogen and oxygen atoms in total. The minimum absolute atomic E-state index is 0.00185. The predicted molar refractivity (Wildman–Crippen MR) is 51.5 cm³/mol. The maximum atomic E-state index is 10.9. The Balaban J connectivity index is 3.70. The molecule has 0 unspecified atom stereocenters. The summed E-state index contributed by atoms with van der Waals surface area (Å²) >= 11 is 0. The van der Waals surface area contributed by atoms with Crippen molar-refractivity contribution < 1.29 is 19.4 Å². The van der Waals surface area contributed by atoms with Crippen LogP contribution < -0.4 is 0 Å². The molecule has 0 spiro atoms. The zero-order valence-corrected chi connectivity index (χ0v) is 8.10. The lowest BCUT2D eigenvalue weighted by Gasteiger charge is -1.93. The first-order valence-corrected chi connectivity index (χ1v) is 4.38. The van der Waals surface area contributed by atoms with Crippen molar-refractivity contribution >= 4 is 11.8 Å². The maximum Gasteiger partial charge on any atom is 0.314 e. The third kappa shape index (κ3) is 7.09. The van der Waals surface area contributed by atoms with E-state index < -0.39 is 5.97 Å². The molecule has 0 rings (SSSR count). The van der Waals surface area contributed by atoms with E-state index in [2.05, 4.69) is 4.74 Å². The van der Waals surface area contributed by atoms with E-state index in [4.69, 9.17) is 5.11 Å².